The Morgan fingerprint density at radius 3 is 1.33 bits per heavy atom. The van der Waals surface area contributed by atoms with Crippen molar-refractivity contribution in [1.29, 1.82) is 0 Å². The average molecular weight is 841 g/mol. The van der Waals surface area contributed by atoms with Gasteiger partial charge in [0.2, 0.25) is 0 Å². The normalized spacial score (nSPS) is 11.3. The van der Waals surface area contributed by atoms with Gasteiger partial charge in [0, 0.05) is 56.2 Å². The topological polar surface area (TPSA) is 44.4 Å². The van der Waals surface area contributed by atoms with E-state index in [-0.39, 0.29) is 0 Å². The van der Waals surface area contributed by atoms with Crippen molar-refractivity contribution < 1.29 is 0 Å². The third-order valence-electron chi connectivity index (χ3n) is 12.7. The molecule has 0 radical (unpaired) electrons. The fourth-order valence-electron chi connectivity index (χ4n) is 9.71. The van der Waals surface area contributed by atoms with Gasteiger partial charge in [0.1, 0.15) is 0 Å². The summed E-state index contributed by atoms with van der Waals surface area (Å²) < 4.78 is 4.69. The third-order valence-corrected chi connectivity index (χ3v) is 12.7. The zero-order valence-corrected chi connectivity index (χ0v) is 35.5. The molecule has 66 heavy (non-hydrogen) atoms. The minimum Gasteiger partial charge on any atom is -0.308 e. The van der Waals surface area contributed by atoms with E-state index in [9.17, 15) is 0 Å². The van der Waals surface area contributed by atoms with Crippen LogP contribution in [0.15, 0.2) is 219 Å². The number of fused-ring (bicyclic) bond motifs is 6. The molecule has 6 nitrogen and oxygen atoms in total. The number of benzene rings is 8. The van der Waals surface area contributed by atoms with Crippen molar-refractivity contribution in [3.05, 3.63) is 241 Å². The molecule has 8 aromatic carbocycles. The molecule has 0 unspecified atom stereocenters. The molecule has 0 saturated carbocycles. The largest absolute Gasteiger partial charge is 0.308 e. The molecule has 0 aliphatic carbocycles. The number of hydrogen-bond donors (Lipinski definition) is 0. The Morgan fingerprint density at radius 1 is 0.333 bits per heavy atom. The highest BCUT2D eigenvalue weighted by Crippen LogP contribution is 2.45. The molecule has 0 saturated heterocycles. The number of aromatic nitrogens is 4. The van der Waals surface area contributed by atoms with Crippen LogP contribution < -0.4 is 0 Å². The molecule has 0 atom stereocenters. The molecule has 0 bridgehead atoms. The van der Waals surface area contributed by atoms with Crippen molar-refractivity contribution in [2.75, 3.05) is 0 Å². The first kappa shape index (κ1) is 38.3. The van der Waals surface area contributed by atoms with Crippen LogP contribution in [0.4, 0.5) is 11.4 Å². The first-order valence-corrected chi connectivity index (χ1v) is 21.8. The molecule has 0 fully saturated rings. The first-order valence-electron chi connectivity index (χ1n) is 21.8. The van der Waals surface area contributed by atoms with E-state index in [1.807, 2.05) is 85.2 Å². The minimum atomic E-state index is 0.487. The Balaban J connectivity index is 1.19. The van der Waals surface area contributed by atoms with Gasteiger partial charge in [-0.15, -0.1) is 0 Å². The van der Waals surface area contributed by atoms with Crippen LogP contribution in [-0.4, -0.2) is 19.1 Å². The van der Waals surface area contributed by atoms with E-state index in [2.05, 4.69) is 146 Å². The van der Waals surface area contributed by atoms with E-state index in [0.717, 1.165) is 111 Å². The molecule has 0 aliphatic rings. The van der Waals surface area contributed by atoms with E-state index in [4.69, 9.17) is 23.1 Å². The summed E-state index contributed by atoms with van der Waals surface area (Å²) in [4.78, 5) is 17.8. The number of pyridine rings is 2. The number of nitrogens with zero attached hydrogens (tertiary/aromatic N) is 6. The van der Waals surface area contributed by atoms with Gasteiger partial charge in [0.15, 0.2) is 11.4 Å². The first-order chi connectivity index (χ1) is 32.7. The Morgan fingerprint density at radius 2 is 0.803 bits per heavy atom. The Labute approximate surface area is 381 Å². The van der Waals surface area contributed by atoms with Gasteiger partial charge in [-0.2, -0.15) is 0 Å². The van der Waals surface area contributed by atoms with Gasteiger partial charge in [-0.25, -0.2) is 9.69 Å². The van der Waals surface area contributed by atoms with Gasteiger partial charge in [-0.05, 0) is 76.9 Å². The second kappa shape index (κ2) is 15.8. The van der Waals surface area contributed by atoms with Crippen molar-refractivity contribution in [2.45, 2.75) is 0 Å². The van der Waals surface area contributed by atoms with Crippen molar-refractivity contribution in [3.63, 3.8) is 0 Å². The SMILES string of the molecule is [C-]#[N+]c1cccc(-c2cc(-n3c4ccccc4c4ccc(-c5cccnc5-c5ccccc5)cc43)c(-n3c4ccccc4c4ccc(-c5cccnc5-c5ccccc5)cc43)cc2[N+]#[C-])c1. The molecule has 6 heteroatoms. The van der Waals surface area contributed by atoms with Crippen LogP contribution in [-0.2, 0) is 0 Å². The summed E-state index contributed by atoms with van der Waals surface area (Å²) in [5.74, 6) is 0. The molecular formula is C60H36N6. The highest BCUT2D eigenvalue weighted by atomic mass is 15.1. The summed E-state index contributed by atoms with van der Waals surface area (Å²) in [6, 6.07) is 71.1. The number of rotatable bonds is 7. The number of para-hydroxylation sites is 2. The lowest BCUT2D eigenvalue weighted by molar-refractivity contribution is 1.10. The maximum atomic E-state index is 8.69. The summed E-state index contributed by atoms with van der Waals surface area (Å²) >= 11 is 0. The van der Waals surface area contributed by atoms with Gasteiger partial charge in [-0.3, -0.25) is 9.97 Å². The fourth-order valence-corrected chi connectivity index (χ4v) is 9.71. The van der Waals surface area contributed by atoms with E-state index in [1.165, 1.54) is 0 Å². The summed E-state index contributed by atoms with van der Waals surface area (Å²) in [6.45, 7) is 16.6. The zero-order valence-electron chi connectivity index (χ0n) is 35.5. The molecule has 0 spiro atoms. The molecule has 0 aliphatic heterocycles. The quantitative estimate of drug-likeness (QED) is 0.150. The third kappa shape index (κ3) is 6.25. The van der Waals surface area contributed by atoms with Gasteiger partial charge in [0.25, 0.3) is 0 Å². The molecular weight excluding hydrogens is 805 g/mol. The van der Waals surface area contributed by atoms with E-state index in [0.29, 0.717) is 11.4 Å². The van der Waals surface area contributed by atoms with Gasteiger partial charge < -0.3 is 9.13 Å². The van der Waals surface area contributed by atoms with E-state index < -0.39 is 0 Å². The van der Waals surface area contributed by atoms with Crippen LogP contribution in [0.5, 0.6) is 0 Å². The van der Waals surface area contributed by atoms with Crippen molar-refractivity contribution >= 4 is 55.0 Å². The van der Waals surface area contributed by atoms with Gasteiger partial charge in [-0.1, -0.05) is 152 Å². The fraction of sp³-hybridized carbons (Fsp3) is 0. The molecule has 0 amide bonds. The lowest BCUT2D eigenvalue weighted by Crippen LogP contribution is -2.04. The van der Waals surface area contributed by atoms with Crippen molar-refractivity contribution in [3.8, 4) is 67.3 Å². The highest BCUT2D eigenvalue weighted by molar-refractivity contribution is 6.13. The maximum absolute atomic E-state index is 8.69. The van der Waals surface area contributed by atoms with Gasteiger partial charge >= 0.3 is 0 Å². The van der Waals surface area contributed by atoms with Crippen LogP contribution >= 0.6 is 0 Å². The van der Waals surface area contributed by atoms with Crippen molar-refractivity contribution in [2.24, 2.45) is 0 Å². The lowest BCUT2D eigenvalue weighted by Gasteiger charge is -2.20. The lowest BCUT2D eigenvalue weighted by atomic mass is 9.98. The predicted molar refractivity (Wildman–Crippen MR) is 270 cm³/mol. The Kier molecular flexibility index (Phi) is 9.16. The van der Waals surface area contributed by atoms with Crippen LogP contribution in [0, 0.1) is 13.1 Å². The molecule has 4 aromatic heterocycles. The summed E-state index contributed by atoms with van der Waals surface area (Å²) in [5, 5.41) is 4.41. The van der Waals surface area contributed by atoms with Crippen molar-refractivity contribution in [1.82, 2.24) is 19.1 Å². The molecule has 306 valence electrons. The monoisotopic (exact) mass is 840 g/mol. The second-order valence-corrected chi connectivity index (χ2v) is 16.3. The van der Waals surface area contributed by atoms with Crippen LogP contribution in [0.25, 0.3) is 121 Å². The van der Waals surface area contributed by atoms with Crippen LogP contribution in [0.3, 0.4) is 0 Å². The van der Waals surface area contributed by atoms with E-state index in [1.54, 1.807) is 6.07 Å². The van der Waals surface area contributed by atoms with Gasteiger partial charge in [0.05, 0.1) is 58.0 Å². The average Bonchev–Trinajstić information content (AvgIpc) is 3.90. The van der Waals surface area contributed by atoms with E-state index >= 15 is 0 Å². The smallest absolute Gasteiger partial charge is 0.197 e. The summed E-state index contributed by atoms with van der Waals surface area (Å²) in [5.41, 5.74) is 16.4. The number of hydrogen-bond acceptors (Lipinski definition) is 2. The minimum absolute atomic E-state index is 0.487. The summed E-state index contributed by atoms with van der Waals surface area (Å²) in [7, 11) is 0. The van der Waals surface area contributed by atoms with Crippen LogP contribution in [0.2, 0.25) is 0 Å². The molecule has 0 N–H and O–H groups in total. The highest BCUT2D eigenvalue weighted by Gasteiger charge is 2.24. The molecule has 12 aromatic rings. The van der Waals surface area contributed by atoms with Crippen LogP contribution in [0.1, 0.15) is 0 Å². The molecule has 4 heterocycles. The Bertz CT molecular complexity index is 3960. The standard InChI is InChI=1S/C60H36N6/c1-61-44-21-13-20-41(34-44)51-37-57(65-53-26-11-9-22-47(53)49-30-28-42(35-55(49)65)45-24-14-32-63-59(45)39-16-5-3-6-17-39)58(38-52(51)62-2)66-54-27-12-10-23-48(54)50-31-29-43(36-56(50)66)46-25-15-33-64-60(46)40-18-7-4-8-19-40/h3-38H. The summed E-state index contributed by atoms with van der Waals surface area (Å²) in [6.07, 6.45) is 3.70. The Hall–Kier alpha value is -9.36. The molecule has 12 rings (SSSR count). The second-order valence-electron chi connectivity index (χ2n) is 16.3. The maximum Gasteiger partial charge on any atom is 0.197 e. The zero-order chi connectivity index (χ0) is 44.1. The predicted octanol–water partition coefficient (Wildman–Crippen LogP) is 16.1.